The summed E-state index contributed by atoms with van der Waals surface area (Å²) in [6.07, 6.45) is 4.06. The van der Waals surface area contributed by atoms with Crippen molar-refractivity contribution >= 4 is 40.3 Å². The Kier molecular flexibility index (Phi) is 5.89. The van der Waals surface area contributed by atoms with Crippen LogP contribution in [-0.2, 0) is 17.8 Å². The number of benzene rings is 2. The number of hydrogen-bond donors (Lipinski definition) is 1. The highest BCUT2D eigenvalue weighted by Gasteiger charge is 2.21. The first-order chi connectivity index (χ1) is 12.1. The van der Waals surface area contributed by atoms with Crippen molar-refractivity contribution in [2.24, 2.45) is 0 Å². The minimum absolute atomic E-state index is 0.137. The summed E-state index contributed by atoms with van der Waals surface area (Å²) in [5, 5.41) is 2.61. The predicted molar refractivity (Wildman–Crippen MR) is 108 cm³/mol. The second-order valence-electron chi connectivity index (χ2n) is 5.78. The SMILES string of the molecule is CCCc1cccc(COc2ccc(/C=C3\SC(=S)NC3=O)cc2)c1. The van der Waals surface area contributed by atoms with E-state index >= 15 is 0 Å². The van der Waals surface area contributed by atoms with Gasteiger partial charge in [-0.05, 0) is 41.3 Å². The second-order valence-corrected chi connectivity index (χ2v) is 7.50. The molecule has 0 bridgehead atoms. The molecule has 2 aromatic rings. The van der Waals surface area contributed by atoms with Crippen molar-refractivity contribution in [3.8, 4) is 5.75 Å². The Morgan fingerprint density at radius 3 is 2.60 bits per heavy atom. The average Bonchev–Trinajstić information content (AvgIpc) is 2.92. The fourth-order valence-electron chi connectivity index (χ4n) is 2.56. The molecule has 25 heavy (non-hydrogen) atoms. The van der Waals surface area contributed by atoms with Crippen LogP contribution in [0.15, 0.2) is 53.4 Å². The van der Waals surface area contributed by atoms with Crippen LogP contribution in [0.1, 0.15) is 30.0 Å². The molecule has 1 saturated heterocycles. The maximum atomic E-state index is 11.7. The van der Waals surface area contributed by atoms with E-state index in [4.69, 9.17) is 17.0 Å². The van der Waals surface area contributed by atoms with Gasteiger partial charge in [-0.3, -0.25) is 4.79 Å². The quantitative estimate of drug-likeness (QED) is 0.591. The van der Waals surface area contributed by atoms with Gasteiger partial charge in [-0.2, -0.15) is 0 Å². The first kappa shape index (κ1) is 17.7. The molecule has 0 aromatic heterocycles. The summed E-state index contributed by atoms with van der Waals surface area (Å²) < 4.78 is 6.36. The Hall–Kier alpha value is -2.11. The zero-order valence-electron chi connectivity index (χ0n) is 14.0. The van der Waals surface area contributed by atoms with Crippen molar-refractivity contribution in [3.63, 3.8) is 0 Å². The van der Waals surface area contributed by atoms with Crippen molar-refractivity contribution in [3.05, 3.63) is 70.1 Å². The molecule has 0 spiro atoms. The third-order valence-corrected chi connectivity index (χ3v) is 4.92. The molecule has 0 aliphatic carbocycles. The van der Waals surface area contributed by atoms with Crippen LogP contribution in [0.25, 0.3) is 6.08 Å². The van der Waals surface area contributed by atoms with Gasteiger partial charge in [0, 0.05) is 0 Å². The number of carbonyl (C=O) groups is 1. The number of aryl methyl sites for hydroxylation is 1. The standard InChI is InChI=1S/C20H19NO2S2/c1-2-4-14-5-3-6-16(11-14)13-23-17-9-7-15(8-10-17)12-18-19(22)21-20(24)25-18/h3,5-12H,2,4,13H2,1H3,(H,21,22,24)/b18-12-. The molecule has 0 saturated carbocycles. The lowest BCUT2D eigenvalue weighted by Crippen LogP contribution is -2.17. The topological polar surface area (TPSA) is 38.3 Å². The van der Waals surface area contributed by atoms with Gasteiger partial charge in [0.15, 0.2) is 0 Å². The highest BCUT2D eigenvalue weighted by atomic mass is 32.2. The highest BCUT2D eigenvalue weighted by Crippen LogP contribution is 2.26. The Morgan fingerprint density at radius 2 is 1.92 bits per heavy atom. The number of ether oxygens (including phenoxy) is 1. The Bertz CT molecular complexity index is 813. The van der Waals surface area contributed by atoms with Crippen molar-refractivity contribution in [1.82, 2.24) is 5.32 Å². The maximum absolute atomic E-state index is 11.7. The average molecular weight is 370 g/mol. The third kappa shape index (κ3) is 4.94. The van der Waals surface area contributed by atoms with E-state index in [0.29, 0.717) is 15.8 Å². The normalized spacial score (nSPS) is 15.5. The number of carbonyl (C=O) groups excluding carboxylic acids is 1. The third-order valence-electron chi connectivity index (χ3n) is 3.76. The van der Waals surface area contributed by atoms with Gasteiger partial charge in [0.1, 0.15) is 16.7 Å². The Morgan fingerprint density at radius 1 is 1.16 bits per heavy atom. The van der Waals surface area contributed by atoms with E-state index in [1.807, 2.05) is 30.3 Å². The summed E-state index contributed by atoms with van der Waals surface area (Å²) >= 11 is 6.27. The monoisotopic (exact) mass is 369 g/mol. The zero-order valence-corrected chi connectivity index (χ0v) is 15.6. The lowest BCUT2D eigenvalue weighted by Gasteiger charge is -2.08. The minimum Gasteiger partial charge on any atom is -0.489 e. The van der Waals surface area contributed by atoms with Gasteiger partial charge >= 0.3 is 0 Å². The predicted octanol–water partition coefficient (Wildman–Crippen LogP) is 4.71. The van der Waals surface area contributed by atoms with Crippen LogP contribution in [0.4, 0.5) is 0 Å². The fourth-order valence-corrected chi connectivity index (χ4v) is 3.61. The molecule has 1 aliphatic rings. The van der Waals surface area contributed by atoms with Gasteiger partial charge in [0.25, 0.3) is 5.91 Å². The van der Waals surface area contributed by atoms with Gasteiger partial charge in [0.2, 0.25) is 0 Å². The number of nitrogens with one attached hydrogen (secondary N) is 1. The van der Waals surface area contributed by atoms with E-state index in [2.05, 4.69) is 36.5 Å². The highest BCUT2D eigenvalue weighted by molar-refractivity contribution is 8.26. The van der Waals surface area contributed by atoms with Crippen LogP contribution in [0, 0.1) is 0 Å². The van der Waals surface area contributed by atoms with Crippen molar-refractivity contribution < 1.29 is 9.53 Å². The van der Waals surface area contributed by atoms with Gasteiger partial charge in [-0.1, -0.05) is 73.7 Å². The largest absolute Gasteiger partial charge is 0.489 e. The maximum Gasteiger partial charge on any atom is 0.263 e. The van der Waals surface area contributed by atoms with Crippen LogP contribution >= 0.6 is 24.0 Å². The molecular formula is C20H19NO2S2. The molecule has 3 rings (SSSR count). The van der Waals surface area contributed by atoms with E-state index in [0.717, 1.165) is 24.2 Å². The van der Waals surface area contributed by atoms with Crippen LogP contribution in [-0.4, -0.2) is 10.2 Å². The zero-order chi connectivity index (χ0) is 17.6. The smallest absolute Gasteiger partial charge is 0.263 e. The summed E-state index contributed by atoms with van der Waals surface area (Å²) in [7, 11) is 0. The van der Waals surface area contributed by atoms with Gasteiger partial charge in [-0.15, -0.1) is 0 Å². The van der Waals surface area contributed by atoms with E-state index < -0.39 is 0 Å². The number of amides is 1. The van der Waals surface area contributed by atoms with E-state index in [1.54, 1.807) is 0 Å². The molecule has 1 N–H and O–H groups in total. The molecule has 0 unspecified atom stereocenters. The van der Waals surface area contributed by atoms with Crippen molar-refractivity contribution in [2.75, 3.05) is 0 Å². The van der Waals surface area contributed by atoms with E-state index in [-0.39, 0.29) is 5.91 Å². The molecule has 3 nitrogen and oxygen atoms in total. The summed E-state index contributed by atoms with van der Waals surface area (Å²) in [6.45, 7) is 2.73. The molecule has 5 heteroatoms. The van der Waals surface area contributed by atoms with Crippen molar-refractivity contribution in [2.45, 2.75) is 26.4 Å². The molecule has 128 valence electrons. The first-order valence-electron chi connectivity index (χ1n) is 8.19. The lowest BCUT2D eigenvalue weighted by atomic mass is 10.1. The van der Waals surface area contributed by atoms with Crippen molar-refractivity contribution in [1.29, 1.82) is 0 Å². The molecule has 0 radical (unpaired) electrons. The first-order valence-corrected chi connectivity index (χ1v) is 9.42. The number of hydrogen-bond acceptors (Lipinski definition) is 4. The summed E-state index contributed by atoms with van der Waals surface area (Å²) in [5.74, 6) is 0.671. The van der Waals surface area contributed by atoms with E-state index in [1.165, 1.54) is 22.9 Å². The molecule has 0 atom stereocenters. The molecule has 1 amide bonds. The molecule has 1 aliphatic heterocycles. The van der Waals surface area contributed by atoms with Crippen LogP contribution in [0.2, 0.25) is 0 Å². The minimum atomic E-state index is -0.137. The molecular weight excluding hydrogens is 350 g/mol. The molecule has 1 fully saturated rings. The van der Waals surface area contributed by atoms with Gasteiger partial charge in [-0.25, -0.2) is 0 Å². The number of thioether (sulfide) groups is 1. The van der Waals surface area contributed by atoms with Crippen LogP contribution in [0.5, 0.6) is 5.75 Å². The Labute approximate surface area is 157 Å². The molecule has 1 heterocycles. The number of rotatable bonds is 6. The second kappa shape index (κ2) is 8.32. The van der Waals surface area contributed by atoms with Gasteiger partial charge in [0.05, 0.1) is 4.91 Å². The Balaban J connectivity index is 1.61. The fraction of sp³-hybridized carbons (Fsp3) is 0.200. The van der Waals surface area contributed by atoms with Gasteiger partial charge < -0.3 is 10.1 Å². The van der Waals surface area contributed by atoms with E-state index in [9.17, 15) is 4.79 Å². The van der Waals surface area contributed by atoms with Crippen LogP contribution in [0.3, 0.4) is 0 Å². The summed E-state index contributed by atoms with van der Waals surface area (Å²) in [6, 6.07) is 16.2. The number of thiocarbonyl (C=S) groups is 1. The summed E-state index contributed by atoms with van der Waals surface area (Å²) in [4.78, 5) is 12.3. The summed E-state index contributed by atoms with van der Waals surface area (Å²) in [5.41, 5.74) is 3.46. The van der Waals surface area contributed by atoms with Crippen LogP contribution < -0.4 is 10.1 Å². The lowest BCUT2D eigenvalue weighted by molar-refractivity contribution is -0.115. The molecule has 2 aromatic carbocycles.